The molecule has 0 spiro atoms. The van der Waals surface area contributed by atoms with Crippen LogP contribution >= 0.6 is 11.3 Å². The summed E-state index contributed by atoms with van der Waals surface area (Å²) < 4.78 is 28.2. The highest BCUT2D eigenvalue weighted by molar-refractivity contribution is 7.89. The van der Waals surface area contributed by atoms with Crippen molar-refractivity contribution in [1.82, 2.24) is 9.21 Å². The smallest absolute Gasteiger partial charge is 0.243 e. The van der Waals surface area contributed by atoms with Crippen LogP contribution in [0.25, 0.3) is 0 Å². The van der Waals surface area contributed by atoms with E-state index in [1.807, 2.05) is 70.2 Å². The van der Waals surface area contributed by atoms with Crippen LogP contribution in [0.1, 0.15) is 34.7 Å². The SMILES string of the molecule is Cc1ccc(S(=O)(=O)N(CC(=O)N(Cc2ccccc2)Cc2ccc(C)s2)CC(C)C)cc1. The predicted octanol–water partition coefficient (Wildman–Crippen LogP) is 5.24. The second-order valence-electron chi connectivity index (χ2n) is 8.75. The topological polar surface area (TPSA) is 57.7 Å². The fourth-order valence-electron chi connectivity index (χ4n) is 3.56. The summed E-state index contributed by atoms with van der Waals surface area (Å²) in [4.78, 5) is 17.7. The molecule has 176 valence electrons. The molecule has 0 aliphatic rings. The van der Waals surface area contributed by atoms with Crippen molar-refractivity contribution in [2.75, 3.05) is 13.1 Å². The van der Waals surface area contributed by atoms with Crippen molar-refractivity contribution in [3.63, 3.8) is 0 Å². The summed E-state index contributed by atoms with van der Waals surface area (Å²) >= 11 is 1.65. The van der Waals surface area contributed by atoms with Gasteiger partial charge in [-0.05, 0) is 49.6 Å². The lowest BCUT2D eigenvalue weighted by Gasteiger charge is -2.28. The molecule has 3 rings (SSSR count). The molecular weight excluding hydrogens is 452 g/mol. The minimum Gasteiger partial charge on any atom is -0.332 e. The standard InChI is InChI=1S/C26H32N2O3S2/c1-20(2)16-28(33(30,31)25-14-10-21(3)11-15-25)19-26(29)27(17-23-8-6-5-7-9-23)18-24-13-12-22(4)32-24/h5-15,20H,16-19H2,1-4H3. The van der Waals surface area contributed by atoms with E-state index in [1.165, 1.54) is 9.18 Å². The van der Waals surface area contributed by atoms with Crippen molar-refractivity contribution < 1.29 is 13.2 Å². The third-order valence-electron chi connectivity index (χ3n) is 5.25. The fraction of sp³-hybridized carbons (Fsp3) is 0.346. The van der Waals surface area contributed by atoms with Crippen LogP contribution in [0, 0.1) is 19.8 Å². The van der Waals surface area contributed by atoms with Crippen LogP contribution in [0.5, 0.6) is 0 Å². The lowest BCUT2D eigenvalue weighted by Crippen LogP contribution is -2.43. The summed E-state index contributed by atoms with van der Waals surface area (Å²) in [6.07, 6.45) is 0. The normalized spacial score (nSPS) is 11.8. The van der Waals surface area contributed by atoms with Crippen molar-refractivity contribution in [3.8, 4) is 0 Å². The highest BCUT2D eigenvalue weighted by Gasteiger charge is 2.29. The van der Waals surface area contributed by atoms with Gasteiger partial charge >= 0.3 is 0 Å². The van der Waals surface area contributed by atoms with Gasteiger partial charge in [-0.1, -0.05) is 61.9 Å². The fourth-order valence-corrected chi connectivity index (χ4v) is 6.02. The van der Waals surface area contributed by atoms with Crippen molar-refractivity contribution in [1.29, 1.82) is 0 Å². The van der Waals surface area contributed by atoms with Crippen molar-refractivity contribution in [2.24, 2.45) is 5.92 Å². The molecular formula is C26H32N2O3S2. The number of sulfonamides is 1. The van der Waals surface area contributed by atoms with Crippen LogP contribution < -0.4 is 0 Å². The maximum absolute atomic E-state index is 13.5. The van der Waals surface area contributed by atoms with Crippen molar-refractivity contribution >= 4 is 27.3 Å². The van der Waals surface area contributed by atoms with Crippen LogP contribution in [0.2, 0.25) is 0 Å². The summed E-state index contributed by atoms with van der Waals surface area (Å²) in [6, 6.07) is 20.6. The number of benzene rings is 2. The van der Waals surface area contributed by atoms with Gasteiger partial charge in [0.1, 0.15) is 0 Å². The van der Waals surface area contributed by atoms with Crippen LogP contribution in [-0.2, 0) is 27.9 Å². The molecule has 0 aliphatic carbocycles. The first-order valence-electron chi connectivity index (χ1n) is 11.1. The molecule has 1 aromatic heterocycles. The number of aryl methyl sites for hydroxylation is 2. The summed E-state index contributed by atoms with van der Waals surface area (Å²) in [5.74, 6) is -0.123. The number of thiophene rings is 1. The molecule has 0 saturated carbocycles. The van der Waals surface area contributed by atoms with Crippen LogP contribution in [0.15, 0.2) is 71.6 Å². The van der Waals surface area contributed by atoms with E-state index in [0.29, 0.717) is 13.1 Å². The first-order chi connectivity index (χ1) is 15.6. The van der Waals surface area contributed by atoms with Gasteiger partial charge in [0, 0.05) is 22.8 Å². The Morgan fingerprint density at radius 1 is 0.909 bits per heavy atom. The van der Waals surface area contributed by atoms with Gasteiger partial charge in [0.15, 0.2) is 0 Å². The van der Waals surface area contributed by atoms with Gasteiger partial charge in [0.2, 0.25) is 15.9 Å². The summed E-state index contributed by atoms with van der Waals surface area (Å²) in [5, 5.41) is 0. The highest BCUT2D eigenvalue weighted by atomic mass is 32.2. The molecule has 0 bridgehead atoms. The van der Waals surface area contributed by atoms with E-state index in [2.05, 4.69) is 0 Å². The molecule has 2 aromatic carbocycles. The molecule has 3 aromatic rings. The lowest BCUT2D eigenvalue weighted by atomic mass is 10.2. The van der Waals surface area contributed by atoms with E-state index >= 15 is 0 Å². The lowest BCUT2D eigenvalue weighted by molar-refractivity contribution is -0.132. The van der Waals surface area contributed by atoms with Crippen molar-refractivity contribution in [3.05, 3.63) is 87.6 Å². The number of carbonyl (C=O) groups excluding carboxylic acids is 1. The second kappa shape index (κ2) is 11.1. The van der Waals surface area contributed by atoms with E-state index in [-0.39, 0.29) is 29.8 Å². The van der Waals surface area contributed by atoms with Gasteiger partial charge in [-0.3, -0.25) is 4.79 Å². The third kappa shape index (κ3) is 7.00. The Balaban J connectivity index is 1.87. The predicted molar refractivity (Wildman–Crippen MR) is 135 cm³/mol. The zero-order valence-corrected chi connectivity index (χ0v) is 21.3. The molecule has 0 fully saturated rings. The summed E-state index contributed by atoms with van der Waals surface area (Å²) in [7, 11) is -3.79. The van der Waals surface area contributed by atoms with Gasteiger partial charge in [0.25, 0.3) is 0 Å². The Hall–Kier alpha value is -2.48. The molecule has 0 saturated heterocycles. The number of hydrogen-bond donors (Lipinski definition) is 0. The Bertz CT molecular complexity index is 1150. The number of carbonyl (C=O) groups is 1. The maximum Gasteiger partial charge on any atom is 0.243 e. The molecule has 0 radical (unpaired) electrons. The van der Waals surface area contributed by atoms with Crippen molar-refractivity contribution in [2.45, 2.75) is 45.7 Å². The molecule has 1 heterocycles. The molecule has 0 aliphatic heterocycles. The maximum atomic E-state index is 13.5. The average molecular weight is 485 g/mol. The van der Waals surface area contributed by atoms with E-state index in [9.17, 15) is 13.2 Å². The zero-order chi connectivity index (χ0) is 24.0. The molecule has 0 atom stereocenters. The van der Waals surface area contributed by atoms with Crippen LogP contribution in [-0.4, -0.2) is 36.6 Å². The third-order valence-corrected chi connectivity index (χ3v) is 8.06. The number of amides is 1. The van der Waals surface area contributed by atoms with E-state index in [0.717, 1.165) is 16.0 Å². The van der Waals surface area contributed by atoms with Gasteiger partial charge in [-0.15, -0.1) is 11.3 Å². The Morgan fingerprint density at radius 2 is 1.58 bits per heavy atom. The zero-order valence-electron chi connectivity index (χ0n) is 19.7. The Kier molecular flexibility index (Phi) is 8.46. The molecule has 5 nitrogen and oxygen atoms in total. The quantitative estimate of drug-likeness (QED) is 0.395. The average Bonchev–Trinajstić information content (AvgIpc) is 3.18. The Morgan fingerprint density at radius 3 is 2.15 bits per heavy atom. The van der Waals surface area contributed by atoms with Gasteiger partial charge in [-0.25, -0.2) is 8.42 Å². The van der Waals surface area contributed by atoms with Gasteiger partial charge in [-0.2, -0.15) is 4.31 Å². The second-order valence-corrected chi connectivity index (χ2v) is 12.1. The van der Waals surface area contributed by atoms with E-state index in [4.69, 9.17) is 0 Å². The number of rotatable bonds is 10. The van der Waals surface area contributed by atoms with Crippen LogP contribution in [0.3, 0.4) is 0 Å². The number of nitrogens with zero attached hydrogens (tertiary/aromatic N) is 2. The monoisotopic (exact) mass is 484 g/mol. The van der Waals surface area contributed by atoms with Crippen LogP contribution in [0.4, 0.5) is 0 Å². The number of hydrogen-bond acceptors (Lipinski definition) is 4. The molecule has 1 amide bonds. The van der Waals surface area contributed by atoms with E-state index in [1.54, 1.807) is 40.5 Å². The molecule has 7 heteroatoms. The summed E-state index contributed by atoms with van der Waals surface area (Å²) in [5.41, 5.74) is 2.00. The Labute approximate surface area is 201 Å². The highest BCUT2D eigenvalue weighted by Crippen LogP contribution is 2.21. The largest absolute Gasteiger partial charge is 0.332 e. The molecule has 0 N–H and O–H groups in total. The first kappa shape index (κ1) is 25.1. The van der Waals surface area contributed by atoms with Gasteiger partial charge in [0.05, 0.1) is 18.0 Å². The molecule has 0 unspecified atom stereocenters. The van der Waals surface area contributed by atoms with Gasteiger partial charge < -0.3 is 4.90 Å². The minimum absolute atomic E-state index is 0.0838. The van der Waals surface area contributed by atoms with E-state index < -0.39 is 10.0 Å². The summed E-state index contributed by atoms with van der Waals surface area (Å²) in [6.45, 7) is 8.83. The molecule has 33 heavy (non-hydrogen) atoms. The minimum atomic E-state index is -3.79. The first-order valence-corrected chi connectivity index (χ1v) is 13.3.